The average molecular weight is 247 g/mol. The van der Waals surface area contributed by atoms with Gasteiger partial charge in [-0.05, 0) is 43.5 Å². The number of thiazole rings is 1. The second kappa shape index (κ2) is 4.63. The van der Waals surface area contributed by atoms with Crippen LogP contribution >= 0.6 is 11.3 Å². The third-order valence-corrected chi connectivity index (χ3v) is 4.21. The molecule has 0 amide bonds. The Morgan fingerprint density at radius 2 is 2.35 bits per heavy atom. The van der Waals surface area contributed by atoms with E-state index in [1.807, 2.05) is 0 Å². The molecule has 1 aromatic heterocycles. The summed E-state index contributed by atoms with van der Waals surface area (Å²) < 4.78 is 1.20. The summed E-state index contributed by atoms with van der Waals surface area (Å²) in [7, 11) is 0. The fourth-order valence-electron chi connectivity index (χ4n) is 2.50. The zero-order valence-corrected chi connectivity index (χ0v) is 10.6. The van der Waals surface area contributed by atoms with Crippen molar-refractivity contribution in [2.75, 3.05) is 12.3 Å². The molecule has 1 aliphatic rings. The standard InChI is InChI=1S/C13H17N3S/c14-13-16-11-5-4-9(8-12(11)17-13)7-10-3-1-2-6-15-10/h4-5,8,10,15H,1-3,6-7H2,(H2,14,16). The fraction of sp³-hybridized carbons (Fsp3) is 0.462. The Morgan fingerprint density at radius 3 is 3.18 bits per heavy atom. The van der Waals surface area contributed by atoms with E-state index in [2.05, 4.69) is 28.5 Å². The fourth-order valence-corrected chi connectivity index (χ4v) is 3.29. The van der Waals surface area contributed by atoms with Gasteiger partial charge in [0, 0.05) is 6.04 Å². The summed E-state index contributed by atoms with van der Waals surface area (Å²) in [4.78, 5) is 4.28. The molecule has 2 heterocycles. The van der Waals surface area contributed by atoms with Gasteiger partial charge in [-0.3, -0.25) is 0 Å². The number of anilines is 1. The molecular weight excluding hydrogens is 230 g/mol. The molecule has 0 saturated carbocycles. The molecule has 3 N–H and O–H groups in total. The number of hydrogen-bond acceptors (Lipinski definition) is 4. The van der Waals surface area contributed by atoms with E-state index in [1.165, 1.54) is 36.1 Å². The van der Waals surface area contributed by atoms with E-state index in [-0.39, 0.29) is 0 Å². The number of piperidine rings is 1. The Bertz CT molecular complexity index is 514. The predicted octanol–water partition coefficient (Wildman–Crippen LogP) is 2.56. The number of rotatable bonds is 2. The Hall–Kier alpha value is -1.13. The first kappa shape index (κ1) is 11.0. The van der Waals surface area contributed by atoms with Crippen LogP contribution in [0.5, 0.6) is 0 Å². The van der Waals surface area contributed by atoms with Gasteiger partial charge in [-0.1, -0.05) is 23.8 Å². The molecule has 3 rings (SSSR count). The van der Waals surface area contributed by atoms with Gasteiger partial charge in [0.25, 0.3) is 0 Å². The van der Waals surface area contributed by atoms with Crippen molar-refractivity contribution in [1.29, 1.82) is 0 Å². The van der Waals surface area contributed by atoms with Gasteiger partial charge in [0.2, 0.25) is 0 Å². The highest BCUT2D eigenvalue weighted by molar-refractivity contribution is 7.22. The molecule has 2 aromatic rings. The van der Waals surface area contributed by atoms with Crippen molar-refractivity contribution in [3.05, 3.63) is 23.8 Å². The molecule has 4 heteroatoms. The van der Waals surface area contributed by atoms with Crippen LogP contribution in [0.2, 0.25) is 0 Å². The summed E-state index contributed by atoms with van der Waals surface area (Å²) in [6.45, 7) is 1.17. The number of hydrogen-bond donors (Lipinski definition) is 2. The van der Waals surface area contributed by atoms with Crippen LogP contribution < -0.4 is 11.1 Å². The summed E-state index contributed by atoms with van der Waals surface area (Å²) in [5, 5.41) is 4.24. The minimum Gasteiger partial charge on any atom is -0.375 e. The smallest absolute Gasteiger partial charge is 0.181 e. The molecule has 0 bridgehead atoms. The topological polar surface area (TPSA) is 50.9 Å². The first-order valence-electron chi connectivity index (χ1n) is 6.19. The van der Waals surface area contributed by atoms with Gasteiger partial charge >= 0.3 is 0 Å². The van der Waals surface area contributed by atoms with Crippen molar-refractivity contribution < 1.29 is 0 Å². The Balaban J connectivity index is 1.79. The summed E-state index contributed by atoms with van der Waals surface area (Å²) in [6.07, 6.45) is 5.09. The lowest BCUT2D eigenvalue weighted by Crippen LogP contribution is -2.35. The zero-order valence-electron chi connectivity index (χ0n) is 9.78. The molecular formula is C13H17N3S. The van der Waals surface area contributed by atoms with Gasteiger partial charge in [-0.2, -0.15) is 0 Å². The number of fused-ring (bicyclic) bond motifs is 1. The molecule has 17 heavy (non-hydrogen) atoms. The van der Waals surface area contributed by atoms with Gasteiger partial charge in [-0.15, -0.1) is 0 Å². The molecule has 90 valence electrons. The minimum absolute atomic E-state index is 0.645. The van der Waals surface area contributed by atoms with E-state index in [0.29, 0.717) is 11.2 Å². The lowest BCUT2D eigenvalue weighted by atomic mass is 9.98. The summed E-state index contributed by atoms with van der Waals surface area (Å²) in [6, 6.07) is 7.14. The quantitative estimate of drug-likeness (QED) is 0.857. The molecule has 0 aliphatic carbocycles. The molecule has 1 unspecified atom stereocenters. The van der Waals surface area contributed by atoms with Gasteiger partial charge in [0.05, 0.1) is 10.2 Å². The molecule has 1 fully saturated rings. The lowest BCUT2D eigenvalue weighted by molar-refractivity contribution is 0.399. The third-order valence-electron chi connectivity index (χ3n) is 3.36. The predicted molar refractivity (Wildman–Crippen MR) is 73.4 cm³/mol. The normalized spacial score (nSPS) is 20.8. The van der Waals surface area contributed by atoms with Crippen molar-refractivity contribution in [2.45, 2.75) is 31.7 Å². The van der Waals surface area contributed by atoms with E-state index in [1.54, 1.807) is 11.3 Å². The van der Waals surface area contributed by atoms with Crippen LogP contribution in [0.3, 0.4) is 0 Å². The van der Waals surface area contributed by atoms with Crippen LogP contribution in [0.1, 0.15) is 24.8 Å². The summed E-state index contributed by atoms with van der Waals surface area (Å²) >= 11 is 1.57. The number of aromatic nitrogens is 1. The maximum Gasteiger partial charge on any atom is 0.181 e. The van der Waals surface area contributed by atoms with E-state index in [4.69, 9.17) is 5.73 Å². The molecule has 0 spiro atoms. The second-order valence-corrected chi connectivity index (χ2v) is 5.77. The maximum absolute atomic E-state index is 5.72. The molecule has 1 saturated heterocycles. The van der Waals surface area contributed by atoms with E-state index >= 15 is 0 Å². The Labute approximate surface area is 105 Å². The zero-order chi connectivity index (χ0) is 11.7. The number of nitrogens with two attached hydrogens (primary N) is 1. The summed E-state index contributed by atoms with van der Waals surface area (Å²) in [5.74, 6) is 0. The molecule has 0 radical (unpaired) electrons. The monoisotopic (exact) mass is 247 g/mol. The van der Waals surface area contributed by atoms with Crippen molar-refractivity contribution >= 4 is 26.7 Å². The lowest BCUT2D eigenvalue weighted by Gasteiger charge is -2.23. The highest BCUT2D eigenvalue weighted by Gasteiger charge is 2.13. The highest BCUT2D eigenvalue weighted by atomic mass is 32.1. The van der Waals surface area contributed by atoms with Crippen LogP contribution in [0.4, 0.5) is 5.13 Å². The van der Waals surface area contributed by atoms with E-state index in [0.717, 1.165) is 11.9 Å². The van der Waals surface area contributed by atoms with Gasteiger partial charge in [0.1, 0.15) is 0 Å². The van der Waals surface area contributed by atoms with Crippen molar-refractivity contribution in [3.8, 4) is 0 Å². The van der Waals surface area contributed by atoms with Crippen LogP contribution in [-0.2, 0) is 6.42 Å². The minimum atomic E-state index is 0.645. The molecule has 3 nitrogen and oxygen atoms in total. The van der Waals surface area contributed by atoms with Crippen LogP contribution in [0.15, 0.2) is 18.2 Å². The average Bonchev–Trinajstić information content (AvgIpc) is 2.70. The first-order chi connectivity index (χ1) is 8.31. The second-order valence-electron chi connectivity index (χ2n) is 4.71. The van der Waals surface area contributed by atoms with Crippen LogP contribution in [-0.4, -0.2) is 17.6 Å². The number of benzene rings is 1. The highest BCUT2D eigenvalue weighted by Crippen LogP contribution is 2.25. The first-order valence-corrected chi connectivity index (χ1v) is 7.01. The van der Waals surface area contributed by atoms with E-state index < -0.39 is 0 Å². The van der Waals surface area contributed by atoms with Crippen molar-refractivity contribution in [1.82, 2.24) is 10.3 Å². The van der Waals surface area contributed by atoms with Crippen molar-refractivity contribution in [3.63, 3.8) is 0 Å². The third kappa shape index (κ3) is 2.42. The molecule has 1 aliphatic heterocycles. The summed E-state index contributed by atoms with van der Waals surface area (Å²) in [5.41, 5.74) is 8.13. The van der Waals surface area contributed by atoms with Crippen LogP contribution in [0.25, 0.3) is 10.2 Å². The Morgan fingerprint density at radius 1 is 1.41 bits per heavy atom. The molecule has 1 aromatic carbocycles. The maximum atomic E-state index is 5.72. The largest absolute Gasteiger partial charge is 0.375 e. The number of nitrogens with zero attached hydrogens (tertiary/aromatic N) is 1. The van der Waals surface area contributed by atoms with Gasteiger partial charge in [-0.25, -0.2) is 4.98 Å². The number of nitrogens with one attached hydrogen (secondary N) is 1. The molecule has 1 atom stereocenters. The van der Waals surface area contributed by atoms with Gasteiger partial charge < -0.3 is 11.1 Å². The Kier molecular flexibility index (Phi) is 2.99. The number of nitrogen functional groups attached to an aromatic ring is 1. The SMILES string of the molecule is Nc1nc2ccc(CC3CCCCN3)cc2s1. The van der Waals surface area contributed by atoms with E-state index in [9.17, 15) is 0 Å². The van der Waals surface area contributed by atoms with Gasteiger partial charge in [0.15, 0.2) is 5.13 Å². The van der Waals surface area contributed by atoms with Crippen molar-refractivity contribution in [2.24, 2.45) is 0 Å². The van der Waals surface area contributed by atoms with Crippen LogP contribution in [0, 0.1) is 0 Å².